The van der Waals surface area contributed by atoms with E-state index in [0.29, 0.717) is 19.1 Å². The molecule has 0 bridgehead atoms. The van der Waals surface area contributed by atoms with Crippen molar-refractivity contribution in [1.29, 1.82) is 0 Å². The molecule has 1 fully saturated rings. The van der Waals surface area contributed by atoms with Crippen molar-refractivity contribution in [2.45, 2.75) is 47.1 Å². The molecule has 1 aliphatic carbocycles. The van der Waals surface area contributed by atoms with Crippen LogP contribution in [0.1, 0.15) is 41.0 Å². The first-order valence-corrected chi connectivity index (χ1v) is 7.17. The lowest BCUT2D eigenvalue weighted by molar-refractivity contribution is -0.128. The van der Waals surface area contributed by atoms with Gasteiger partial charge in [-0.15, -0.1) is 24.0 Å². The van der Waals surface area contributed by atoms with E-state index in [0.717, 1.165) is 18.4 Å². The van der Waals surface area contributed by atoms with E-state index in [9.17, 15) is 4.79 Å². The van der Waals surface area contributed by atoms with E-state index in [1.165, 1.54) is 6.42 Å². The molecule has 0 radical (unpaired) electrons. The van der Waals surface area contributed by atoms with E-state index < -0.39 is 0 Å². The minimum Gasteiger partial charge on any atom is -0.357 e. The van der Waals surface area contributed by atoms with Crippen LogP contribution in [-0.4, -0.2) is 37.5 Å². The molecule has 5 nitrogen and oxygen atoms in total. The Hall–Kier alpha value is -0.530. The van der Waals surface area contributed by atoms with Crippen molar-refractivity contribution in [3.8, 4) is 0 Å². The maximum atomic E-state index is 11.7. The van der Waals surface area contributed by atoms with Gasteiger partial charge in [0.25, 0.3) is 0 Å². The summed E-state index contributed by atoms with van der Waals surface area (Å²) >= 11 is 0. The molecule has 0 heterocycles. The highest BCUT2D eigenvalue weighted by Crippen LogP contribution is 2.28. The van der Waals surface area contributed by atoms with E-state index in [1.54, 1.807) is 0 Å². The summed E-state index contributed by atoms with van der Waals surface area (Å²) in [5.41, 5.74) is -0.337. The van der Waals surface area contributed by atoms with Gasteiger partial charge in [-0.05, 0) is 19.3 Å². The second-order valence-electron chi connectivity index (χ2n) is 6.23. The summed E-state index contributed by atoms with van der Waals surface area (Å²) in [6.45, 7) is 12.0. The fraction of sp³-hybridized carbons (Fsp3) is 0.857. The number of amides is 1. The van der Waals surface area contributed by atoms with Gasteiger partial charge in [0, 0.05) is 24.5 Å². The Morgan fingerprint density at radius 3 is 2.35 bits per heavy atom. The molecule has 2 atom stereocenters. The zero-order chi connectivity index (χ0) is 14.5. The Bertz CT molecular complexity index is 339. The monoisotopic (exact) mass is 396 g/mol. The molecule has 1 saturated carbocycles. The lowest BCUT2D eigenvalue weighted by atomic mass is 9.96. The number of carbonyl (C=O) groups excluding carboxylic acids is 1. The Kier molecular flexibility index (Phi) is 8.46. The third kappa shape index (κ3) is 7.31. The highest BCUT2D eigenvalue weighted by molar-refractivity contribution is 14.0. The molecule has 0 aromatic carbocycles. The van der Waals surface area contributed by atoms with Crippen LogP contribution >= 0.6 is 24.0 Å². The van der Waals surface area contributed by atoms with Gasteiger partial charge in [0.2, 0.25) is 5.91 Å². The van der Waals surface area contributed by atoms with Crippen LogP contribution in [0.25, 0.3) is 0 Å². The molecule has 2 unspecified atom stereocenters. The van der Waals surface area contributed by atoms with Gasteiger partial charge < -0.3 is 16.0 Å². The third-order valence-electron chi connectivity index (χ3n) is 3.12. The topological polar surface area (TPSA) is 65.5 Å². The van der Waals surface area contributed by atoms with Gasteiger partial charge in [0.05, 0.1) is 6.54 Å². The van der Waals surface area contributed by atoms with Crippen LogP contribution in [0.15, 0.2) is 4.99 Å². The number of halogens is 1. The summed E-state index contributed by atoms with van der Waals surface area (Å²) < 4.78 is 0. The summed E-state index contributed by atoms with van der Waals surface area (Å²) in [5.74, 6) is 1.66. The molecular weight excluding hydrogens is 367 g/mol. The van der Waals surface area contributed by atoms with E-state index in [2.05, 4.69) is 34.8 Å². The fourth-order valence-corrected chi connectivity index (χ4v) is 1.62. The summed E-state index contributed by atoms with van der Waals surface area (Å²) in [7, 11) is 0. The first-order chi connectivity index (χ1) is 8.84. The molecule has 0 aromatic heterocycles. The van der Waals surface area contributed by atoms with Crippen LogP contribution in [0.5, 0.6) is 0 Å². The third-order valence-corrected chi connectivity index (χ3v) is 3.12. The van der Waals surface area contributed by atoms with Crippen molar-refractivity contribution < 1.29 is 4.79 Å². The average Bonchev–Trinajstić information content (AvgIpc) is 2.99. The van der Waals surface area contributed by atoms with Crippen molar-refractivity contribution in [2.75, 3.05) is 19.6 Å². The van der Waals surface area contributed by atoms with Gasteiger partial charge in [-0.3, -0.25) is 9.79 Å². The van der Waals surface area contributed by atoms with Crippen LogP contribution in [-0.2, 0) is 4.79 Å². The number of guanidine groups is 1. The maximum absolute atomic E-state index is 11.7. The van der Waals surface area contributed by atoms with Gasteiger partial charge in [-0.2, -0.15) is 0 Å². The predicted molar refractivity (Wildman–Crippen MR) is 94.6 cm³/mol. The molecule has 0 saturated heterocycles. The van der Waals surface area contributed by atoms with Crippen molar-refractivity contribution in [2.24, 2.45) is 16.3 Å². The number of nitrogens with one attached hydrogen (secondary N) is 3. The summed E-state index contributed by atoms with van der Waals surface area (Å²) in [5, 5.41) is 9.50. The standard InChI is InChI=1S/C14H28N4O.HI/c1-6-15-13(18-11-9-10(11)2)17-8-7-16-12(19)14(3,4)5;/h10-11H,6-9H2,1-5H3,(H,16,19)(H2,15,17,18);1H. The molecule has 20 heavy (non-hydrogen) atoms. The van der Waals surface area contributed by atoms with E-state index in [4.69, 9.17) is 0 Å². The van der Waals surface area contributed by atoms with Crippen molar-refractivity contribution >= 4 is 35.8 Å². The van der Waals surface area contributed by atoms with Gasteiger partial charge in [-0.1, -0.05) is 27.7 Å². The minimum atomic E-state index is -0.337. The summed E-state index contributed by atoms with van der Waals surface area (Å²) in [4.78, 5) is 16.1. The van der Waals surface area contributed by atoms with E-state index in [1.807, 2.05) is 20.8 Å². The van der Waals surface area contributed by atoms with Crippen LogP contribution in [0.4, 0.5) is 0 Å². The number of nitrogens with zero attached hydrogens (tertiary/aromatic N) is 1. The molecule has 1 amide bonds. The number of aliphatic imine (C=N–C) groups is 1. The Labute approximate surface area is 139 Å². The zero-order valence-electron chi connectivity index (χ0n) is 13.2. The fourth-order valence-electron chi connectivity index (χ4n) is 1.62. The number of carbonyl (C=O) groups is 1. The molecule has 6 heteroatoms. The number of hydrogen-bond acceptors (Lipinski definition) is 2. The number of rotatable bonds is 5. The molecule has 0 aliphatic heterocycles. The quantitative estimate of drug-likeness (QED) is 0.287. The van der Waals surface area contributed by atoms with E-state index in [-0.39, 0.29) is 35.3 Å². The van der Waals surface area contributed by atoms with Crippen LogP contribution in [0.2, 0.25) is 0 Å². The van der Waals surface area contributed by atoms with Gasteiger partial charge in [0.15, 0.2) is 5.96 Å². The Balaban J connectivity index is 0.00000361. The Morgan fingerprint density at radius 2 is 1.90 bits per heavy atom. The van der Waals surface area contributed by atoms with E-state index >= 15 is 0 Å². The zero-order valence-corrected chi connectivity index (χ0v) is 15.6. The minimum absolute atomic E-state index is 0. The second kappa shape index (κ2) is 8.69. The van der Waals surface area contributed by atoms with Crippen molar-refractivity contribution in [3.05, 3.63) is 0 Å². The SMILES string of the molecule is CCNC(=NCCNC(=O)C(C)(C)C)NC1CC1C.I. The van der Waals surface area contributed by atoms with Gasteiger partial charge in [0.1, 0.15) is 0 Å². The first kappa shape index (κ1) is 19.5. The number of hydrogen-bond donors (Lipinski definition) is 3. The van der Waals surface area contributed by atoms with Crippen molar-refractivity contribution in [1.82, 2.24) is 16.0 Å². The first-order valence-electron chi connectivity index (χ1n) is 7.17. The maximum Gasteiger partial charge on any atom is 0.225 e. The van der Waals surface area contributed by atoms with Crippen molar-refractivity contribution in [3.63, 3.8) is 0 Å². The Morgan fingerprint density at radius 1 is 1.30 bits per heavy atom. The molecule has 1 aliphatic rings. The lowest BCUT2D eigenvalue weighted by Crippen LogP contribution is -2.40. The molecule has 0 aromatic rings. The smallest absolute Gasteiger partial charge is 0.225 e. The lowest BCUT2D eigenvalue weighted by Gasteiger charge is -2.17. The molecule has 3 N–H and O–H groups in total. The van der Waals surface area contributed by atoms with Gasteiger partial charge >= 0.3 is 0 Å². The van der Waals surface area contributed by atoms with Crippen LogP contribution < -0.4 is 16.0 Å². The predicted octanol–water partition coefficient (Wildman–Crippen LogP) is 1.73. The average molecular weight is 396 g/mol. The van der Waals surface area contributed by atoms with Gasteiger partial charge in [-0.25, -0.2) is 0 Å². The normalized spacial score (nSPS) is 21.8. The molecule has 1 rings (SSSR count). The summed E-state index contributed by atoms with van der Waals surface area (Å²) in [6, 6.07) is 0.557. The molecule has 118 valence electrons. The van der Waals surface area contributed by atoms with Crippen LogP contribution in [0.3, 0.4) is 0 Å². The second-order valence-corrected chi connectivity index (χ2v) is 6.23. The highest BCUT2D eigenvalue weighted by Gasteiger charge is 2.33. The largest absolute Gasteiger partial charge is 0.357 e. The highest BCUT2D eigenvalue weighted by atomic mass is 127. The molecule has 0 spiro atoms. The van der Waals surface area contributed by atoms with Crippen LogP contribution in [0, 0.1) is 11.3 Å². The molecular formula is C14H29IN4O. The summed E-state index contributed by atoms with van der Waals surface area (Å²) in [6.07, 6.45) is 1.21.